The molecule has 8 nitrogen and oxygen atoms in total. The standard InChI is InChI=1S/C20H23N5O3/c1-12-6-5-7-16(10-12)11-24-14(3)18(13(2)23-24)22-19(26)15(4)25-17(20(27)28)8-9-21-25/h5-10,15H,11H2,1-4H3,(H,22,26)(H,27,28). The number of nitrogens with one attached hydrogen (secondary N) is 1. The molecule has 1 aromatic carbocycles. The number of anilines is 1. The first kappa shape index (κ1) is 19.3. The lowest BCUT2D eigenvalue weighted by Gasteiger charge is -2.14. The average Bonchev–Trinajstić information content (AvgIpc) is 3.22. The lowest BCUT2D eigenvalue weighted by molar-refractivity contribution is -0.119. The molecule has 0 aliphatic rings. The molecule has 0 bridgehead atoms. The van der Waals surface area contributed by atoms with Crippen molar-refractivity contribution in [3.05, 3.63) is 64.7 Å². The molecule has 146 valence electrons. The zero-order valence-electron chi connectivity index (χ0n) is 16.3. The van der Waals surface area contributed by atoms with Crippen LogP contribution in [0.3, 0.4) is 0 Å². The molecule has 0 radical (unpaired) electrons. The van der Waals surface area contributed by atoms with E-state index >= 15 is 0 Å². The Hall–Kier alpha value is -3.42. The predicted octanol–water partition coefficient (Wildman–Crippen LogP) is 2.95. The summed E-state index contributed by atoms with van der Waals surface area (Å²) in [5, 5.41) is 20.6. The molecule has 2 N–H and O–H groups in total. The number of hydrogen-bond acceptors (Lipinski definition) is 4. The minimum Gasteiger partial charge on any atom is -0.477 e. The minimum absolute atomic E-state index is 0.0359. The number of carboxylic acids is 1. The summed E-state index contributed by atoms with van der Waals surface area (Å²) in [5.41, 5.74) is 4.43. The number of carboxylic acid groups (broad SMARTS) is 1. The van der Waals surface area contributed by atoms with Crippen LogP contribution in [0.2, 0.25) is 0 Å². The number of nitrogens with zero attached hydrogens (tertiary/aromatic N) is 4. The first-order valence-electron chi connectivity index (χ1n) is 8.95. The van der Waals surface area contributed by atoms with Crippen molar-refractivity contribution in [3.63, 3.8) is 0 Å². The van der Waals surface area contributed by atoms with Gasteiger partial charge in [-0.15, -0.1) is 0 Å². The van der Waals surface area contributed by atoms with E-state index < -0.39 is 12.0 Å². The Morgan fingerprint density at radius 3 is 2.64 bits per heavy atom. The third-order valence-corrected chi connectivity index (χ3v) is 4.68. The van der Waals surface area contributed by atoms with Crippen molar-refractivity contribution in [2.75, 3.05) is 5.32 Å². The SMILES string of the molecule is Cc1cccc(Cn2nc(C)c(NC(=O)C(C)n3nccc3C(=O)O)c2C)c1. The molecule has 1 amide bonds. The van der Waals surface area contributed by atoms with E-state index in [0.717, 1.165) is 11.3 Å². The smallest absolute Gasteiger partial charge is 0.354 e. The van der Waals surface area contributed by atoms with Gasteiger partial charge in [-0.25, -0.2) is 9.48 Å². The summed E-state index contributed by atoms with van der Waals surface area (Å²) in [7, 11) is 0. The van der Waals surface area contributed by atoms with Crippen LogP contribution in [0.25, 0.3) is 0 Å². The van der Waals surface area contributed by atoms with Crippen LogP contribution in [0, 0.1) is 20.8 Å². The molecule has 1 atom stereocenters. The highest BCUT2D eigenvalue weighted by Gasteiger charge is 2.23. The van der Waals surface area contributed by atoms with Crippen molar-refractivity contribution in [1.82, 2.24) is 19.6 Å². The van der Waals surface area contributed by atoms with E-state index in [1.54, 1.807) is 6.92 Å². The highest BCUT2D eigenvalue weighted by atomic mass is 16.4. The van der Waals surface area contributed by atoms with E-state index in [-0.39, 0.29) is 11.6 Å². The zero-order valence-corrected chi connectivity index (χ0v) is 16.3. The van der Waals surface area contributed by atoms with Gasteiger partial charge in [0.1, 0.15) is 11.7 Å². The number of amides is 1. The topological polar surface area (TPSA) is 102 Å². The monoisotopic (exact) mass is 381 g/mol. The summed E-state index contributed by atoms with van der Waals surface area (Å²) in [6.07, 6.45) is 1.36. The molecule has 2 heterocycles. The van der Waals surface area contributed by atoms with Crippen LogP contribution in [-0.2, 0) is 11.3 Å². The van der Waals surface area contributed by atoms with Crippen LogP contribution in [0.1, 0.15) is 46.0 Å². The van der Waals surface area contributed by atoms with Gasteiger partial charge in [-0.2, -0.15) is 10.2 Å². The molecule has 28 heavy (non-hydrogen) atoms. The summed E-state index contributed by atoms with van der Waals surface area (Å²) in [4.78, 5) is 24.0. The number of benzene rings is 1. The van der Waals surface area contributed by atoms with Gasteiger partial charge in [-0.1, -0.05) is 29.8 Å². The van der Waals surface area contributed by atoms with E-state index in [2.05, 4.69) is 21.6 Å². The number of aryl methyl sites for hydroxylation is 2. The van der Waals surface area contributed by atoms with Gasteiger partial charge in [-0.3, -0.25) is 9.48 Å². The third kappa shape index (κ3) is 3.80. The minimum atomic E-state index is -1.13. The molecule has 0 fully saturated rings. The summed E-state index contributed by atoms with van der Waals surface area (Å²) in [6, 6.07) is 8.77. The van der Waals surface area contributed by atoms with Crippen LogP contribution in [0.5, 0.6) is 0 Å². The fourth-order valence-electron chi connectivity index (χ4n) is 3.15. The lowest BCUT2D eigenvalue weighted by Crippen LogP contribution is -2.27. The molecule has 0 spiro atoms. The molecule has 0 aliphatic carbocycles. The molecule has 0 saturated carbocycles. The lowest BCUT2D eigenvalue weighted by atomic mass is 10.1. The predicted molar refractivity (Wildman–Crippen MR) is 105 cm³/mol. The van der Waals surface area contributed by atoms with Crippen molar-refractivity contribution in [2.24, 2.45) is 0 Å². The Morgan fingerprint density at radius 1 is 1.21 bits per heavy atom. The summed E-state index contributed by atoms with van der Waals surface area (Å²) >= 11 is 0. The van der Waals surface area contributed by atoms with Gasteiger partial charge in [0.2, 0.25) is 5.91 Å². The van der Waals surface area contributed by atoms with Crippen LogP contribution in [0.15, 0.2) is 36.5 Å². The van der Waals surface area contributed by atoms with E-state index in [9.17, 15) is 14.7 Å². The van der Waals surface area contributed by atoms with Gasteiger partial charge in [0, 0.05) is 6.20 Å². The number of aromatic nitrogens is 4. The molecule has 0 saturated heterocycles. The van der Waals surface area contributed by atoms with E-state index in [1.165, 1.54) is 22.5 Å². The Balaban J connectivity index is 1.80. The van der Waals surface area contributed by atoms with Crippen molar-refractivity contribution >= 4 is 17.6 Å². The van der Waals surface area contributed by atoms with E-state index in [4.69, 9.17) is 0 Å². The maximum absolute atomic E-state index is 12.7. The Bertz CT molecular complexity index is 1030. The normalized spacial score (nSPS) is 12.0. The van der Waals surface area contributed by atoms with Gasteiger partial charge < -0.3 is 10.4 Å². The van der Waals surface area contributed by atoms with Crippen LogP contribution in [-0.4, -0.2) is 36.5 Å². The molecule has 0 aliphatic heterocycles. The highest BCUT2D eigenvalue weighted by molar-refractivity contribution is 5.95. The molecule has 1 unspecified atom stereocenters. The first-order chi connectivity index (χ1) is 13.3. The largest absolute Gasteiger partial charge is 0.477 e. The van der Waals surface area contributed by atoms with Crippen LogP contribution < -0.4 is 5.32 Å². The summed E-state index contributed by atoms with van der Waals surface area (Å²) in [6.45, 7) is 7.97. The maximum atomic E-state index is 12.7. The maximum Gasteiger partial charge on any atom is 0.354 e. The van der Waals surface area contributed by atoms with Gasteiger partial charge in [0.15, 0.2) is 0 Å². The third-order valence-electron chi connectivity index (χ3n) is 4.68. The second-order valence-corrected chi connectivity index (χ2v) is 6.82. The summed E-state index contributed by atoms with van der Waals surface area (Å²) < 4.78 is 3.04. The number of carbonyl (C=O) groups is 2. The van der Waals surface area contributed by atoms with Crippen LogP contribution >= 0.6 is 0 Å². The number of aromatic carboxylic acids is 1. The molecule has 3 rings (SSSR count). The van der Waals surface area contributed by atoms with Gasteiger partial charge in [0.25, 0.3) is 0 Å². The van der Waals surface area contributed by atoms with Crippen LogP contribution in [0.4, 0.5) is 5.69 Å². The number of carbonyl (C=O) groups excluding carboxylic acids is 1. The number of rotatable bonds is 6. The van der Waals surface area contributed by atoms with Crippen molar-refractivity contribution in [3.8, 4) is 0 Å². The Morgan fingerprint density at radius 2 is 1.96 bits per heavy atom. The molecular weight excluding hydrogens is 358 g/mol. The molecular formula is C20H23N5O3. The summed E-state index contributed by atoms with van der Waals surface area (Å²) in [5.74, 6) is -1.48. The second kappa shape index (κ2) is 7.67. The van der Waals surface area contributed by atoms with Crippen molar-refractivity contribution in [1.29, 1.82) is 0 Å². The van der Waals surface area contributed by atoms with Crippen molar-refractivity contribution < 1.29 is 14.7 Å². The zero-order chi connectivity index (χ0) is 20.4. The van der Waals surface area contributed by atoms with Crippen molar-refractivity contribution in [2.45, 2.75) is 40.3 Å². The molecule has 8 heteroatoms. The van der Waals surface area contributed by atoms with Gasteiger partial charge in [0.05, 0.1) is 23.6 Å². The molecule has 3 aromatic rings. The highest BCUT2D eigenvalue weighted by Crippen LogP contribution is 2.22. The van der Waals surface area contributed by atoms with Gasteiger partial charge in [-0.05, 0) is 39.3 Å². The fraction of sp³-hybridized carbons (Fsp3) is 0.300. The molecule has 2 aromatic heterocycles. The Kier molecular flexibility index (Phi) is 5.30. The average molecular weight is 381 g/mol. The Labute approximate surface area is 162 Å². The second-order valence-electron chi connectivity index (χ2n) is 6.82. The number of hydrogen-bond donors (Lipinski definition) is 2. The van der Waals surface area contributed by atoms with E-state index in [1.807, 2.05) is 43.7 Å². The van der Waals surface area contributed by atoms with E-state index in [0.29, 0.717) is 17.9 Å². The van der Waals surface area contributed by atoms with Gasteiger partial charge >= 0.3 is 5.97 Å². The fourth-order valence-corrected chi connectivity index (χ4v) is 3.15. The first-order valence-corrected chi connectivity index (χ1v) is 8.95. The quantitative estimate of drug-likeness (QED) is 0.683.